The second kappa shape index (κ2) is 7.49. The normalized spacial score (nSPS) is 14.0. The lowest BCUT2D eigenvalue weighted by Crippen LogP contribution is -2.46. The van der Waals surface area contributed by atoms with Crippen molar-refractivity contribution in [3.8, 4) is 11.5 Å². The number of nitrogens with one attached hydrogen (secondary N) is 1. The number of aromatic nitrogens is 2. The summed E-state index contributed by atoms with van der Waals surface area (Å²) in [6.07, 6.45) is 0.583. The molecule has 0 spiro atoms. The number of aliphatic hydroxyl groups is 1. The standard InChI is InChI=1S/C16H23N3O3/c1-12-4-6-13(7-5-12)15-19-18-14(22-15)10-17-16(2,8-9-20)11-21-3/h4-7,17,20H,8-11H2,1-3H3. The van der Waals surface area contributed by atoms with Crippen molar-refractivity contribution in [2.75, 3.05) is 20.3 Å². The zero-order chi connectivity index (χ0) is 16.0. The minimum Gasteiger partial charge on any atom is -0.419 e. The fraction of sp³-hybridized carbons (Fsp3) is 0.500. The molecule has 6 heteroatoms. The van der Waals surface area contributed by atoms with E-state index in [1.807, 2.05) is 38.1 Å². The second-order valence-electron chi connectivity index (χ2n) is 5.69. The maximum Gasteiger partial charge on any atom is 0.247 e. The van der Waals surface area contributed by atoms with Crippen LogP contribution in [-0.2, 0) is 11.3 Å². The lowest BCUT2D eigenvalue weighted by molar-refractivity contribution is 0.0953. The maximum absolute atomic E-state index is 9.15. The molecule has 1 unspecified atom stereocenters. The van der Waals surface area contributed by atoms with Crippen LogP contribution in [0.2, 0.25) is 0 Å². The predicted octanol–water partition coefficient (Wildman–Crippen LogP) is 1.92. The smallest absolute Gasteiger partial charge is 0.247 e. The molecule has 0 amide bonds. The summed E-state index contributed by atoms with van der Waals surface area (Å²) in [5.41, 5.74) is 1.76. The van der Waals surface area contributed by atoms with Gasteiger partial charge in [-0.05, 0) is 32.4 Å². The van der Waals surface area contributed by atoms with Gasteiger partial charge in [0.05, 0.1) is 13.2 Å². The number of rotatable bonds is 8. The summed E-state index contributed by atoms with van der Waals surface area (Å²) in [7, 11) is 1.64. The van der Waals surface area contributed by atoms with Crippen molar-refractivity contribution >= 4 is 0 Å². The molecule has 0 radical (unpaired) electrons. The van der Waals surface area contributed by atoms with Gasteiger partial charge in [-0.2, -0.15) is 0 Å². The van der Waals surface area contributed by atoms with E-state index in [-0.39, 0.29) is 12.1 Å². The minimum absolute atomic E-state index is 0.0886. The van der Waals surface area contributed by atoms with Crippen LogP contribution in [0, 0.1) is 6.92 Å². The molecule has 0 fully saturated rings. The number of benzene rings is 1. The van der Waals surface area contributed by atoms with Crippen LogP contribution in [0.25, 0.3) is 11.5 Å². The van der Waals surface area contributed by atoms with E-state index in [0.29, 0.717) is 31.4 Å². The lowest BCUT2D eigenvalue weighted by Gasteiger charge is -2.28. The van der Waals surface area contributed by atoms with E-state index in [9.17, 15) is 0 Å². The molecule has 1 atom stereocenters. The van der Waals surface area contributed by atoms with Gasteiger partial charge in [-0.15, -0.1) is 10.2 Å². The summed E-state index contributed by atoms with van der Waals surface area (Å²) in [5.74, 6) is 1.02. The Morgan fingerprint density at radius 1 is 1.27 bits per heavy atom. The highest BCUT2D eigenvalue weighted by Crippen LogP contribution is 2.19. The number of hydrogen-bond acceptors (Lipinski definition) is 6. The third-order valence-electron chi connectivity index (χ3n) is 3.56. The van der Waals surface area contributed by atoms with Crippen LogP contribution >= 0.6 is 0 Å². The van der Waals surface area contributed by atoms with Crippen molar-refractivity contribution in [1.82, 2.24) is 15.5 Å². The molecule has 0 aliphatic heterocycles. The fourth-order valence-corrected chi connectivity index (χ4v) is 2.20. The van der Waals surface area contributed by atoms with E-state index >= 15 is 0 Å². The third-order valence-corrected chi connectivity index (χ3v) is 3.56. The van der Waals surface area contributed by atoms with Gasteiger partial charge in [-0.25, -0.2) is 0 Å². The van der Waals surface area contributed by atoms with Crippen LogP contribution in [0.3, 0.4) is 0 Å². The van der Waals surface area contributed by atoms with E-state index in [1.54, 1.807) is 7.11 Å². The van der Waals surface area contributed by atoms with Crippen molar-refractivity contribution in [3.63, 3.8) is 0 Å². The second-order valence-corrected chi connectivity index (χ2v) is 5.69. The van der Waals surface area contributed by atoms with Gasteiger partial charge in [-0.1, -0.05) is 17.7 Å². The molecule has 0 saturated carbocycles. The Bertz CT molecular complexity index is 575. The van der Waals surface area contributed by atoms with Crippen molar-refractivity contribution < 1.29 is 14.3 Å². The van der Waals surface area contributed by atoms with Crippen LogP contribution in [0.1, 0.15) is 24.8 Å². The molecule has 1 aromatic carbocycles. The number of ether oxygens (including phenoxy) is 1. The molecule has 0 bridgehead atoms. The molecule has 2 aromatic rings. The molecule has 0 saturated heterocycles. The van der Waals surface area contributed by atoms with Crippen molar-refractivity contribution in [1.29, 1.82) is 0 Å². The Morgan fingerprint density at radius 2 is 2.00 bits per heavy atom. The highest BCUT2D eigenvalue weighted by molar-refractivity contribution is 5.52. The van der Waals surface area contributed by atoms with E-state index in [2.05, 4.69) is 15.5 Å². The third kappa shape index (κ3) is 4.37. The first kappa shape index (κ1) is 16.6. The largest absolute Gasteiger partial charge is 0.419 e. The average molecular weight is 305 g/mol. The highest BCUT2D eigenvalue weighted by atomic mass is 16.5. The van der Waals surface area contributed by atoms with E-state index < -0.39 is 0 Å². The van der Waals surface area contributed by atoms with Crippen LogP contribution in [0.15, 0.2) is 28.7 Å². The number of hydrogen-bond donors (Lipinski definition) is 2. The monoisotopic (exact) mass is 305 g/mol. The fourth-order valence-electron chi connectivity index (χ4n) is 2.20. The average Bonchev–Trinajstić information content (AvgIpc) is 2.96. The molecule has 22 heavy (non-hydrogen) atoms. The quantitative estimate of drug-likeness (QED) is 0.775. The highest BCUT2D eigenvalue weighted by Gasteiger charge is 2.24. The van der Waals surface area contributed by atoms with Gasteiger partial charge < -0.3 is 19.6 Å². The summed E-state index contributed by atoms with van der Waals surface area (Å²) in [6, 6.07) is 7.93. The molecular formula is C16H23N3O3. The van der Waals surface area contributed by atoms with Gasteiger partial charge in [0, 0.05) is 24.8 Å². The van der Waals surface area contributed by atoms with Gasteiger partial charge in [-0.3, -0.25) is 0 Å². The minimum atomic E-state index is -0.331. The predicted molar refractivity (Wildman–Crippen MR) is 83.3 cm³/mol. The molecule has 1 aromatic heterocycles. The maximum atomic E-state index is 9.15. The first-order valence-corrected chi connectivity index (χ1v) is 7.30. The summed E-state index contributed by atoms with van der Waals surface area (Å²) in [5, 5.41) is 20.6. The lowest BCUT2D eigenvalue weighted by atomic mass is 9.99. The zero-order valence-corrected chi connectivity index (χ0v) is 13.3. The Kier molecular flexibility index (Phi) is 5.65. The summed E-state index contributed by atoms with van der Waals surface area (Å²) >= 11 is 0. The van der Waals surface area contributed by atoms with E-state index in [4.69, 9.17) is 14.3 Å². The molecule has 2 rings (SSSR count). The Labute approximate surface area is 130 Å². The number of aliphatic hydroxyl groups excluding tert-OH is 1. The summed E-state index contributed by atoms with van der Waals surface area (Å²) < 4.78 is 10.9. The van der Waals surface area contributed by atoms with Gasteiger partial charge in [0.25, 0.3) is 0 Å². The molecule has 120 valence electrons. The first-order chi connectivity index (χ1) is 10.6. The van der Waals surface area contributed by atoms with Crippen LogP contribution in [0.5, 0.6) is 0 Å². The number of methoxy groups -OCH3 is 1. The van der Waals surface area contributed by atoms with Crippen molar-refractivity contribution in [2.24, 2.45) is 0 Å². The van der Waals surface area contributed by atoms with Crippen LogP contribution in [-0.4, -0.2) is 41.2 Å². The Hall–Kier alpha value is -1.76. The summed E-state index contributed by atoms with van der Waals surface area (Å²) in [6.45, 7) is 5.03. The number of aryl methyl sites for hydroxylation is 1. The molecular weight excluding hydrogens is 282 g/mol. The molecule has 2 N–H and O–H groups in total. The Balaban J connectivity index is 2.01. The molecule has 1 heterocycles. The van der Waals surface area contributed by atoms with Crippen LogP contribution in [0.4, 0.5) is 0 Å². The van der Waals surface area contributed by atoms with Crippen molar-refractivity contribution in [3.05, 3.63) is 35.7 Å². The van der Waals surface area contributed by atoms with Crippen LogP contribution < -0.4 is 5.32 Å². The topological polar surface area (TPSA) is 80.4 Å². The molecule has 0 aliphatic carbocycles. The Morgan fingerprint density at radius 3 is 2.64 bits per heavy atom. The van der Waals surface area contributed by atoms with Crippen molar-refractivity contribution in [2.45, 2.75) is 32.4 Å². The van der Waals surface area contributed by atoms with Gasteiger partial charge >= 0.3 is 0 Å². The van der Waals surface area contributed by atoms with Gasteiger partial charge in [0.2, 0.25) is 11.8 Å². The van der Waals surface area contributed by atoms with Gasteiger partial charge in [0.1, 0.15) is 0 Å². The number of nitrogens with zero attached hydrogens (tertiary/aromatic N) is 2. The zero-order valence-electron chi connectivity index (χ0n) is 13.3. The molecule has 0 aliphatic rings. The van der Waals surface area contributed by atoms with E-state index in [1.165, 1.54) is 5.56 Å². The summed E-state index contributed by atoms with van der Waals surface area (Å²) in [4.78, 5) is 0. The first-order valence-electron chi connectivity index (χ1n) is 7.30. The van der Waals surface area contributed by atoms with Gasteiger partial charge in [0.15, 0.2) is 0 Å². The SMILES string of the molecule is COCC(C)(CCO)NCc1nnc(-c2ccc(C)cc2)o1. The van der Waals surface area contributed by atoms with E-state index in [0.717, 1.165) is 5.56 Å². The molecule has 6 nitrogen and oxygen atoms in total.